The quantitative estimate of drug-likeness (QED) is 0.789. The zero-order chi connectivity index (χ0) is 11.5. The molecule has 0 radical (unpaired) electrons. The predicted molar refractivity (Wildman–Crippen MR) is 57.5 cm³/mol. The standard InChI is InChI=1S/C12H10FNO2/c1-16-12(15)11-6-5-10(14-11)8-3-2-4-9(13)7-8/h2-7,14H,1H3. The van der Waals surface area contributed by atoms with Crippen molar-refractivity contribution in [3.8, 4) is 11.3 Å². The molecule has 2 rings (SSSR count). The molecule has 0 atom stereocenters. The maximum absolute atomic E-state index is 13.0. The van der Waals surface area contributed by atoms with E-state index in [0.29, 0.717) is 17.0 Å². The lowest BCUT2D eigenvalue weighted by atomic mass is 10.1. The van der Waals surface area contributed by atoms with Crippen LogP contribution in [0.1, 0.15) is 10.5 Å². The van der Waals surface area contributed by atoms with Gasteiger partial charge in [-0.05, 0) is 24.3 Å². The van der Waals surface area contributed by atoms with E-state index in [1.54, 1.807) is 24.3 Å². The minimum absolute atomic E-state index is 0.313. The van der Waals surface area contributed by atoms with Gasteiger partial charge in [0.05, 0.1) is 7.11 Å². The minimum Gasteiger partial charge on any atom is -0.464 e. The molecular weight excluding hydrogens is 209 g/mol. The van der Waals surface area contributed by atoms with Crippen molar-refractivity contribution in [1.82, 2.24) is 4.98 Å². The Kier molecular flexibility index (Phi) is 2.72. The second kappa shape index (κ2) is 4.18. The van der Waals surface area contributed by atoms with E-state index >= 15 is 0 Å². The van der Waals surface area contributed by atoms with Crippen LogP contribution < -0.4 is 0 Å². The van der Waals surface area contributed by atoms with Crippen molar-refractivity contribution in [2.45, 2.75) is 0 Å². The Morgan fingerprint density at radius 1 is 1.31 bits per heavy atom. The predicted octanol–water partition coefficient (Wildman–Crippen LogP) is 2.61. The highest BCUT2D eigenvalue weighted by atomic mass is 19.1. The molecule has 2 aromatic rings. The fraction of sp³-hybridized carbons (Fsp3) is 0.0833. The molecule has 0 fully saturated rings. The third-order valence-electron chi connectivity index (χ3n) is 2.23. The van der Waals surface area contributed by atoms with Gasteiger partial charge in [0, 0.05) is 11.3 Å². The van der Waals surface area contributed by atoms with Crippen LogP contribution in [0.25, 0.3) is 11.3 Å². The van der Waals surface area contributed by atoms with Crippen LogP contribution >= 0.6 is 0 Å². The van der Waals surface area contributed by atoms with Gasteiger partial charge in [-0.2, -0.15) is 0 Å². The molecule has 3 nitrogen and oxygen atoms in total. The highest BCUT2D eigenvalue weighted by molar-refractivity contribution is 5.88. The van der Waals surface area contributed by atoms with Gasteiger partial charge in [-0.1, -0.05) is 12.1 Å². The Bertz CT molecular complexity index is 519. The summed E-state index contributed by atoms with van der Waals surface area (Å²) in [7, 11) is 1.31. The highest BCUT2D eigenvalue weighted by Gasteiger charge is 2.09. The lowest BCUT2D eigenvalue weighted by Gasteiger charge is -1.98. The summed E-state index contributed by atoms with van der Waals surface area (Å²) in [4.78, 5) is 14.1. The first-order valence-electron chi connectivity index (χ1n) is 4.74. The Hall–Kier alpha value is -2.10. The first-order chi connectivity index (χ1) is 7.70. The fourth-order valence-electron chi connectivity index (χ4n) is 1.45. The molecule has 0 aliphatic carbocycles. The van der Waals surface area contributed by atoms with Crippen molar-refractivity contribution < 1.29 is 13.9 Å². The topological polar surface area (TPSA) is 42.1 Å². The molecule has 1 aromatic heterocycles. The maximum Gasteiger partial charge on any atom is 0.354 e. The SMILES string of the molecule is COC(=O)c1ccc(-c2cccc(F)c2)[nH]1. The summed E-state index contributed by atoms with van der Waals surface area (Å²) in [5, 5.41) is 0. The number of halogens is 1. The van der Waals surface area contributed by atoms with E-state index < -0.39 is 5.97 Å². The van der Waals surface area contributed by atoms with Crippen LogP contribution in [0.5, 0.6) is 0 Å². The van der Waals surface area contributed by atoms with Gasteiger partial charge in [0.25, 0.3) is 0 Å². The number of aromatic nitrogens is 1. The normalized spacial score (nSPS) is 10.1. The number of benzene rings is 1. The summed E-state index contributed by atoms with van der Waals surface area (Å²) in [6.07, 6.45) is 0. The van der Waals surface area contributed by atoms with Crippen molar-refractivity contribution in [3.63, 3.8) is 0 Å². The zero-order valence-electron chi connectivity index (χ0n) is 8.66. The van der Waals surface area contributed by atoms with Crippen LogP contribution in [0.2, 0.25) is 0 Å². The Morgan fingerprint density at radius 2 is 2.12 bits per heavy atom. The number of aromatic amines is 1. The molecule has 0 amide bonds. The van der Waals surface area contributed by atoms with Gasteiger partial charge in [0.15, 0.2) is 0 Å². The van der Waals surface area contributed by atoms with Gasteiger partial charge in [-0.25, -0.2) is 9.18 Å². The number of H-pyrrole nitrogens is 1. The average molecular weight is 219 g/mol. The Morgan fingerprint density at radius 3 is 2.81 bits per heavy atom. The monoisotopic (exact) mass is 219 g/mol. The fourth-order valence-corrected chi connectivity index (χ4v) is 1.45. The van der Waals surface area contributed by atoms with E-state index in [1.807, 2.05) is 0 Å². The molecule has 1 aromatic carbocycles. The van der Waals surface area contributed by atoms with E-state index in [4.69, 9.17) is 0 Å². The van der Waals surface area contributed by atoms with Gasteiger partial charge in [0.2, 0.25) is 0 Å². The number of hydrogen-bond acceptors (Lipinski definition) is 2. The number of esters is 1. The number of carbonyl (C=O) groups is 1. The van der Waals surface area contributed by atoms with Crippen LogP contribution in [-0.2, 0) is 4.74 Å². The molecule has 0 saturated heterocycles. The smallest absolute Gasteiger partial charge is 0.354 e. The van der Waals surface area contributed by atoms with E-state index in [9.17, 15) is 9.18 Å². The van der Waals surface area contributed by atoms with Crippen LogP contribution in [0.15, 0.2) is 36.4 Å². The number of carbonyl (C=O) groups excluding carboxylic acids is 1. The van der Waals surface area contributed by atoms with E-state index in [-0.39, 0.29) is 5.82 Å². The molecule has 82 valence electrons. The van der Waals surface area contributed by atoms with Crippen LogP contribution in [-0.4, -0.2) is 18.1 Å². The molecule has 4 heteroatoms. The van der Waals surface area contributed by atoms with Crippen LogP contribution in [0.4, 0.5) is 4.39 Å². The molecular formula is C12H10FNO2. The van der Waals surface area contributed by atoms with Crippen LogP contribution in [0.3, 0.4) is 0 Å². The van der Waals surface area contributed by atoms with Crippen molar-refractivity contribution in [3.05, 3.63) is 47.9 Å². The van der Waals surface area contributed by atoms with Crippen molar-refractivity contribution in [1.29, 1.82) is 0 Å². The van der Waals surface area contributed by atoms with Gasteiger partial charge in [0.1, 0.15) is 11.5 Å². The third-order valence-corrected chi connectivity index (χ3v) is 2.23. The second-order valence-corrected chi connectivity index (χ2v) is 3.29. The molecule has 0 spiro atoms. The van der Waals surface area contributed by atoms with E-state index in [2.05, 4.69) is 9.72 Å². The number of nitrogens with one attached hydrogen (secondary N) is 1. The lowest BCUT2D eigenvalue weighted by Crippen LogP contribution is -2.00. The molecule has 0 bridgehead atoms. The summed E-state index contributed by atoms with van der Waals surface area (Å²) >= 11 is 0. The first kappa shape index (κ1) is 10.4. The highest BCUT2D eigenvalue weighted by Crippen LogP contribution is 2.19. The van der Waals surface area contributed by atoms with Crippen LogP contribution in [0, 0.1) is 5.82 Å². The summed E-state index contributed by atoms with van der Waals surface area (Å²) in [5.74, 6) is -0.755. The molecule has 16 heavy (non-hydrogen) atoms. The van der Waals surface area contributed by atoms with Gasteiger partial charge >= 0.3 is 5.97 Å². The Labute approximate surface area is 91.9 Å². The largest absolute Gasteiger partial charge is 0.464 e. The number of rotatable bonds is 2. The Balaban J connectivity index is 2.35. The molecule has 0 aliphatic rings. The van der Waals surface area contributed by atoms with Crippen molar-refractivity contribution in [2.75, 3.05) is 7.11 Å². The molecule has 0 aliphatic heterocycles. The van der Waals surface area contributed by atoms with E-state index in [1.165, 1.54) is 19.2 Å². The average Bonchev–Trinajstić information content (AvgIpc) is 2.77. The summed E-state index contributed by atoms with van der Waals surface area (Å²) < 4.78 is 17.5. The third kappa shape index (κ3) is 1.95. The zero-order valence-corrected chi connectivity index (χ0v) is 8.66. The van der Waals surface area contributed by atoms with Crippen molar-refractivity contribution in [2.24, 2.45) is 0 Å². The van der Waals surface area contributed by atoms with E-state index in [0.717, 1.165) is 0 Å². The molecule has 1 N–H and O–H groups in total. The van der Waals surface area contributed by atoms with Crippen molar-refractivity contribution >= 4 is 5.97 Å². The van der Waals surface area contributed by atoms with Gasteiger partial charge in [-0.15, -0.1) is 0 Å². The number of hydrogen-bond donors (Lipinski definition) is 1. The number of methoxy groups -OCH3 is 1. The van der Waals surface area contributed by atoms with Gasteiger partial charge < -0.3 is 9.72 Å². The summed E-state index contributed by atoms with van der Waals surface area (Å²) in [6, 6.07) is 9.45. The summed E-state index contributed by atoms with van der Waals surface area (Å²) in [6.45, 7) is 0. The first-order valence-corrected chi connectivity index (χ1v) is 4.74. The maximum atomic E-state index is 13.0. The number of ether oxygens (including phenoxy) is 1. The molecule has 0 unspecified atom stereocenters. The summed E-state index contributed by atoms with van der Waals surface area (Å²) in [5.41, 5.74) is 1.72. The lowest BCUT2D eigenvalue weighted by molar-refractivity contribution is 0.0595. The van der Waals surface area contributed by atoms with Gasteiger partial charge in [-0.3, -0.25) is 0 Å². The minimum atomic E-state index is -0.442. The molecule has 0 saturated carbocycles. The second-order valence-electron chi connectivity index (χ2n) is 3.29. The molecule has 1 heterocycles.